The Balaban J connectivity index is 1.61. The summed E-state index contributed by atoms with van der Waals surface area (Å²) in [6.07, 6.45) is 2.82. The normalized spacial score (nSPS) is 24.0. The number of nitrogens with zero attached hydrogens (tertiary/aromatic N) is 1. The number of hydrogen-bond acceptors (Lipinski definition) is 6. The molecule has 1 N–H and O–H groups in total. The number of β-lactam (4-membered cyclic amide) rings is 1. The van der Waals surface area contributed by atoms with Crippen LogP contribution in [0.1, 0.15) is 30.6 Å². The second-order valence-corrected chi connectivity index (χ2v) is 9.77. The van der Waals surface area contributed by atoms with E-state index in [1.807, 2.05) is 67.6 Å². The minimum atomic E-state index is -0.838. The topological polar surface area (TPSA) is 84.9 Å². The minimum absolute atomic E-state index is 0.0849. The largest absolute Gasteiger partial charge is 0.451 e. The zero-order valence-electron chi connectivity index (χ0n) is 18.5. The molecule has 33 heavy (non-hydrogen) atoms. The molecule has 0 aliphatic carbocycles. The predicted octanol–water partition coefficient (Wildman–Crippen LogP) is 3.03. The van der Waals surface area contributed by atoms with E-state index in [2.05, 4.69) is 5.32 Å². The number of benzene rings is 2. The first-order chi connectivity index (χ1) is 15.9. The van der Waals surface area contributed by atoms with Crippen molar-refractivity contribution in [3.63, 3.8) is 0 Å². The third-order valence-electron chi connectivity index (χ3n) is 5.78. The Morgan fingerprint density at radius 1 is 1.15 bits per heavy atom. The molecule has 2 aliphatic heterocycles. The number of methoxy groups -OCH3 is 1. The van der Waals surface area contributed by atoms with Crippen LogP contribution in [-0.4, -0.2) is 52.7 Å². The molecule has 172 valence electrons. The van der Waals surface area contributed by atoms with E-state index in [-0.39, 0.29) is 23.9 Å². The molecule has 2 heterocycles. The molecule has 0 spiro atoms. The third-order valence-corrected chi connectivity index (χ3v) is 7.31. The number of carbonyl (C=O) groups excluding carboxylic acids is 3. The Morgan fingerprint density at radius 3 is 2.30 bits per heavy atom. The number of nitrogens with one attached hydrogen (secondary N) is 1. The van der Waals surface area contributed by atoms with Gasteiger partial charge < -0.3 is 19.7 Å². The van der Waals surface area contributed by atoms with Crippen LogP contribution in [0.5, 0.6) is 0 Å². The highest BCUT2D eigenvalue weighted by atomic mass is 32.2. The van der Waals surface area contributed by atoms with Crippen LogP contribution in [0.2, 0.25) is 0 Å². The number of carbonyl (C=O) groups is 3. The summed E-state index contributed by atoms with van der Waals surface area (Å²) in [7, 11) is 1.48. The first kappa shape index (κ1) is 23.1. The number of fused-ring (bicyclic) bond motifs is 1. The Bertz CT molecular complexity index is 1010. The molecule has 2 aromatic rings. The van der Waals surface area contributed by atoms with E-state index < -0.39 is 22.9 Å². The van der Waals surface area contributed by atoms with Gasteiger partial charge >= 0.3 is 5.97 Å². The molecule has 0 unspecified atom stereocenters. The molecular weight excluding hydrogens is 440 g/mol. The molecule has 0 aromatic heterocycles. The van der Waals surface area contributed by atoms with E-state index in [1.54, 1.807) is 11.0 Å². The van der Waals surface area contributed by atoms with Gasteiger partial charge in [0.1, 0.15) is 12.8 Å². The number of amides is 2. The Hall–Kier alpha value is -3.10. The van der Waals surface area contributed by atoms with E-state index in [4.69, 9.17) is 9.47 Å². The third kappa shape index (κ3) is 4.82. The van der Waals surface area contributed by atoms with E-state index in [0.717, 1.165) is 11.1 Å². The molecule has 0 radical (unpaired) electrons. The quantitative estimate of drug-likeness (QED) is 0.279. The van der Waals surface area contributed by atoms with Gasteiger partial charge in [0.25, 0.3) is 0 Å². The van der Waals surface area contributed by atoms with Crippen LogP contribution in [0, 0.1) is 0 Å². The fraction of sp³-hybridized carbons (Fsp3) is 0.320. The van der Waals surface area contributed by atoms with E-state index >= 15 is 0 Å². The van der Waals surface area contributed by atoms with Gasteiger partial charge in [0, 0.05) is 13.2 Å². The first-order valence-corrected chi connectivity index (χ1v) is 11.6. The summed E-state index contributed by atoms with van der Waals surface area (Å²) in [4.78, 5) is 39.7. The van der Waals surface area contributed by atoms with Gasteiger partial charge in [0.15, 0.2) is 6.10 Å². The lowest BCUT2D eigenvalue weighted by molar-refractivity contribution is -0.163. The van der Waals surface area contributed by atoms with Crippen molar-refractivity contribution in [2.45, 2.75) is 35.6 Å². The summed E-state index contributed by atoms with van der Waals surface area (Å²) in [5, 5.41) is 2.47. The van der Waals surface area contributed by atoms with Crippen molar-refractivity contribution in [2.75, 3.05) is 13.8 Å². The number of esters is 1. The van der Waals surface area contributed by atoms with Crippen LogP contribution in [0.4, 0.5) is 0 Å². The summed E-state index contributed by atoms with van der Waals surface area (Å²) < 4.78 is 10.1. The molecule has 2 amide bonds. The molecule has 4 rings (SSSR count). The van der Waals surface area contributed by atoms with Gasteiger partial charge in [-0.15, -0.1) is 11.8 Å². The van der Waals surface area contributed by atoms with Gasteiger partial charge in [0.2, 0.25) is 11.8 Å². The standard InChI is InChI=1S/C25H26N2O5S/c1-25(14-13-19(28)26-16-31-2)23(27-20(29)15-21(27)33-25)24(30)32-22(17-9-5-3-6-10-17)18-11-7-4-8-12-18/h3-14,21-23H,15-16H2,1-2H3,(H,26,28)/b14-13+/t21-,23+,25+/m1/s1. The molecule has 3 atom stereocenters. The smallest absolute Gasteiger partial charge is 0.331 e. The first-order valence-electron chi connectivity index (χ1n) is 10.7. The highest BCUT2D eigenvalue weighted by Gasteiger charge is 2.60. The van der Waals surface area contributed by atoms with E-state index in [9.17, 15) is 14.4 Å². The lowest BCUT2D eigenvalue weighted by Gasteiger charge is -2.38. The second kappa shape index (κ2) is 9.80. The summed E-state index contributed by atoms with van der Waals surface area (Å²) >= 11 is 1.49. The molecular formula is C25H26N2O5S. The van der Waals surface area contributed by atoms with Crippen LogP contribution < -0.4 is 5.32 Å². The van der Waals surface area contributed by atoms with Crippen LogP contribution >= 0.6 is 11.8 Å². The highest BCUT2D eigenvalue weighted by molar-refractivity contribution is 8.01. The van der Waals surface area contributed by atoms with Gasteiger partial charge in [-0.25, -0.2) is 4.79 Å². The molecule has 2 saturated heterocycles. The monoisotopic (exact) mass is 466 g/mol. The fourth-order valence-electron chi connectivity index (χ4n) is 4.13. The van der Waals surface area contributed by atoms with Gasteiger partial charge in [-0.05, 0) is 18.1 Å². The van der Waals surface area contributed by atoms with Crippen molar-refractivity contribution in [3.8, 4) is 0 Å². The number of ether oxygens (including phenoxy) is 2. The van der Waals surface area contributed by atoms with E-state index in [0.29, 0.717) is 6.42 Å². The minimum Gasteiger partial charge on any atom is -0.451 e. The Labute approximate surface area is 197 Å². The zero-order valence-corrected chi connectivity index (χ0v) is 19.3. The number of thioether (sulfide) groups is 1. The SMILES string of the molecule is COCNC(=O)/C=C/[C@]1(C)S[C@@H]2CC(=O)N2[C@H]1C(=O)OC(c1ccccc1)c1ccccc1. The lowest BCUT2D eigenvalue weighted by Crippen LogP contribution is -2.57. The van der Waals surface area contributed by atoms with E-state index in [1.165, 1.54) is 24.9 Å². The van der Waals surface area contributed by atoms with Crippen molar-refractivity contribution in [1.82, 2.24) is 10.2 Å². The molecule has 0 saturated carbocycles. The van der Waals surface area contributed by atoms with Crippen LogP contribution in [0.3, 0.4) is 0 Å². The molecule has 2 aromatic carbocycles. The molecule has 7 nitrogen and oxygen atoms in total. The zero-order chi connectivity index (χ0) is 23.4. The lowest BCUT2D eigenvalue weighted by atomic mass is 9.95. The highest BCUT2D eigenvalue weighted by Crippen LogP contribution is 2.52. The van der Waals surface area contributed by atoms with Crippen molar-refractivity contribution in [3.05, 3.63) is 83.9 Å². The van der Waals surface area contributed by atoms with Crippen molar-refractivity contribution in [1.29, 1.82) is 0 Å². The average molecular weight is 467 g/mol. The maximum atomic E-state index is 13.6. The van der Waals surface area contributed by atoms with Gasteiger partial charge in [-0.1, -0.05) is 66.7 Å². The van der Waals surface area contributed by atoms with Crippen molar-refractivity contribution in [2.24, 2.45) is 0 Å². The van der Waals surface area contributed by atoms with Crippen LogP contribution in [0.15, 0.2) is 72.8 Å². The second-order valence-electron chi connectivity index (χ2n) is 8.11. The number of rotatable bonds is 8. The molecule has 8 heteroatoms. The summed E-state index contributed by atoms with van der Waals surface area (Å²) in [6.45, 7) is 1.94. The average Bonchev–Trinajstić information content (AvgIpc) is 3.08. The maximum absolute atomic E-state index is 13.6. The summed E-state index contributed by atoms with van der Waals surface area (Å²) in [6, 6.07) is 18.2. The molecule has 2 aliphatic rings. The van der Waals surface area contributed by atoms with Crippen molar-refractivity contribution >= 4 is 29.5 Å². The summed E-state index contributed by atoms with van der Waals surface area (Å²) in [5.74, 6) is -0.926. The van der Waals surface area contributed by atoms with Gasteiger partial charge in [-0.3, -0.25) is 9.59 Å². The van der Waals surface area contributed by atoms with Gasteiger partial charge in [0.05, 0.1) is 16.5 Å². The van der Waals surface area contributed by atoms with Crippen molar-refractivity contribution < 1.29 is 23.9 Å². The maximum Gasteiger partial charge on any atom is 0.331 e. The van der Waals surface area contributed by atoms with Crippen LogP contribution in [0.25, 0.3) is 0 Å². The Morgan fingerprint density at radius 2 is 1.76 bits per heavy atom. The van der Waals surface area contributed by atoms with Gasteiger partial charge in [-0.2, -0.15) is 0 Å². The number of hydrogen-bond donors (Lipinski definition) is 1. The van der Waals surface area contributed by atoms with Crippen LogP contribution in [-0.2, 0) is 23.9 Å². The summed E-state index contributed by atoms with van der Waals surface area (Å²) in [5.41, 5.74) is 1.68. The Kier molecular flexibility index (Phi) is 6.85. The fourth-order valence-corrected chi connectivity index (χ4v) is 5.78. The molecule has 0 bridgehead atoms. The predicted molar refractivity (Wildman–Crippen MR) is 125 cm³/mol. The molecule has 2 fully saturated rings.